The Bertz CT molecular complexity index is 1360. The number of nitrogens with one attached hydrogen (secondary N) is 1. The minimum absolute atomic E-state index is 0.135. The van der Waals surface area contributed by atoms with Crippen LogP contribution in [0.25, 0.3) is 11.0 Å². The minimum atomic E-state index is -0.828. The molecule has 37 heavy (non-hydrogen) atoms. The van der Waals surface area contributed by atoms with Crippen molar-refractivity contribution in [3.05, 3.63) is 52.2 Å². The van der Waals surface area contributed by atoms with Crippen LogP contribution in [0.5, 0.6) is 5.75 Å². The Hall–Kier alpha value is -3.69. The van der Waals surface area contributed by atoms with E-state index in [4.69, 9.17) is 4.74 Å². The van der Waals surface area contributed by atoms with Crippen LogP contribution < -0.4 is 10.7 Å². The second-order valence-corrected chi connectivity index (χ2v) is 10.8. The summed E-state index contributed by atoms with van der Waals surface area (Å²) in [5.74, 6) is -1.58. The van der Waals surface area contributed by atoms with Crippen LogP contribution in [-0.2, 0) is 21.6 Å². The van der Waals surface area contributed by atoms with Gasteiger partial charge in [-0.1, -0.05) is 12.8 Å². The van der Waals surface area contributed by atoms with Gasteiger partial charge in [0.25, 0.3) is 11.3 Å². The lowest BCUT2D eigenvalue weighted by atomic mass is 9.97. The van der Waals surface area contributed by atoms with E-state index in [0.29, 0.717) is 13.0 Å². The average Bonchev–Trinajstić information content (AvgIpc) is 3.43. The molecule has 10 nitrogen and oxygen atoms in total. The number of amides is 1. The van der Waals surface area contributed by atoms with E-state index < -0.39 is 22.7 Å². The molecule has 0 aromatic carbocycles. The maximum absolute atomic E-state index is 12.8. The minimum Gasteiger partial charge on any atom is -0.503 e. The van der Waals surface area contributed by atoms with E-state index in [0.717, 1.165) is 42.3 Å². The lowest BCUT2D eigenvalue weighted by Crippen LogP contribution is -2.38. The third kappa shape index (κ3) is 5.84. The third-order valence-corrected chi connectivity index (χ3v) is 6.69. The highest BCUT2D eigenvalue weighted by molar-refractivity contribution is 5.92. The summed E-state index contributed by atoms with van der Waals surface area (Å²) >= 11 is 0. The van der Waals surface area contributed by atoms with Crippen LogP contribution in [0.1, 0.15) is 75.3 Å². The Morgan fingerprint density at radius 1 is 1.22 bits per heavy atom. The molecule has 3 aromatic heterocycles. The van der Waals surface area contributed by atoms with Gasteiger partial charge in [-0.3, -0.25) is 19.1 Å². The Morgan fingerprint density at radius 3 is 2.65 bits per heavy atom. The number of aromatic nitrogens is 4. The number of rotatable bonds is 8. The number of pyridine rings is 1. The first-order valence-corrected chi connectivity index (χ1v) is 12.7. The molecule has 0 bridgehead atoms. The van der Waals surface area contributed by atoms with E-state index >= 15 is 0 Å². The fraction of sp³-hybridized carbons (Fsp3) is 0.519. The van der Waals surface area contributed by atoms with Crippen LogP contribution in [0, 0.1) is 6.92 Å². The summed E-state index contributed by atoms with van der Waals surface area (Å²) in [4.78, 5) is 41.8. The molecule has 2 N–H and O–H groups in total. The van der Waals surface area contributed by atoms with Crippen molar-refractivity contribution in [1.29, 1.82) is 0 Å². The zero-order valence-corrected chi connectivity index (χ0v) is 21.9. The zero-order valence-electron chi connectivity index (χ0n) is 21.9. The van der Waals surface area contributed by atoms with Crippen LogP contribution in [0.4, 0.5) is 0 Å². The van der Waals surface area contributed by atoms with Gasteiger partial charge in [0.15, 0.2) is 11.4 Å². The van der Waals surface area contributed by atoms with E-state index in [2.05, 4.69) is 33.1 Å². The second kappa shape index (κ2) is 10.4. The Kier molecular flexibility index (Phi) is 7.38. The molecular formula is C27H35N5O5. The van der Waals surface area contributed by atoms with Crippen molar-refractivity contribution >= 4 is 22.9 Å². The summed E-state index contributed by atoms with van der Waals surface area (Å²) in [5, 5.41) is 18.4. The maximum Gasteiger partial charge on any atom is 0.306 e. The standard InChI is InChI=1S/C27H35N5O5/c1-18-15-32(24-19(18)9-7-13-28-24)27(11-5-6-12-27)17-31-16-20(33)23(35)22(30-31)25(36)29-14-8-10-21(34)37-26(2,3)4/h7,9,13,15-16,33H,5-6,8,10-12,14,17H2,1-4H3,(H,29,36). The van der Waals surface area contributed by atoms with Crippen molar-refractivity contribution in [2.45, 2.75) is 83.9 Å². The third-order valence-electron chi connectivity index (χ3n) is 6.69. The van der Waals surface area contributed by atoms with Gasteiger partial charge in [0.2, 0.25) is 0 Å². The Balaban J connectivity index is 1.52. The van der Waals surface area contributed by atoms with E-state index in [-0.39, 0.29) is 30.2 Å². The summed E-state index contributed by atoms with van der Waals surface area (Å²) < 4.78 is 8.94. The lowest BCUT2D eigenvalue weighted by molar-refractivity contribution is -0.154. The molecule has 0 saturated heterocycles. The number of ether oxygens (including phenoxy) is 1. The molecule has 1 amide bonds. The first-order valence-electron chi connectivity index (χ1n) is 12.7. The fourth-order valence-electron chi connectivity index (χ4n) is 5.06. The largest absolute Gasteiger partial charge is 0.503 e. The first kappa shape index (κ1) is 26.4. The average molecular weight is 510 g/mol. The van der Waals surface area contributed by atoms with E-state index in [9.17, 15) is 19.5 Å². The molecule has 0 unspecified atom stereocenters. The molecule has 0 radical (unpaired) electrons. The number of carbonyl (C=O) groups excluding carboxylic acids is 2. The number of carbonyl (C=O) groups is 2. The van der Waals surface area contributed by atoms with Crippen LogP contribution in [0.3, 0.4) is 0 Å². The zero-order chi connectivity index (χ0) is 26.8. The number of esters is 1. The van der Waals surface area contributed by atoms with Crippen molar-refractivity contribution in [3.8, 4) is 5.75 Å². The number of aromatic hydroxyl groups is 1. The first-order chi connectivity index (χ1) is 17.5. The van der Waals surface area contributed by atoms with Gasteiger partial charge >= 0.3 is 5.97 Å². The molecule has 1 saturated carbocycles. The van der Waals surface area contributed by atoms with Crippen LogP contribution >= 0.6 is 0 Å². The van der Waals surface area contributed by atoms with Gasteiger partial charge in [0, 0.05) is 30.7 Å². The number of aryl methyl sites for hydroxylation is 1. The normalized spacial score (nSPS) is 15.1. The van der Waals surface area contributed by atoms with E-state index in [1.807, 2.05) is 12.1 Å². The molecule has 1 aliphatic carbocycles. The molecule has 10 heteroatoms. The monoisotopic (exact) mass is 509 g/mol. The van der Waals surface area contributed by atoms with Gasteiger partial charge in [0.05, 0.1) is 18.3 Å². The number of nitrogens with zero attached hydrogens (tertiary/aromatic N) is 4. The predicted octanol–water partition coefficient (Wildman–Crippen LogP) is 3.43. The van der Waals surface area contributed by atoms with Crippen molar-refractivity contribution < 1.29 is 19.4 Å². The maximum atomic E-state index is 12.8. The highest BCUT2D eigenvalue weighted by Gasteiger charge is 2.38. The van der Waals surface area contributed by atoms with Crippen molar-refractivity contribution in [3.63, 3.8) is 0 Å². The van der Waals surface area contributed by atoms with Gasteiger partial charge < -0.3 is 19.7 Å². The summed E-state index contributed by atoms with van der Waals surface area (Å²) in [5.41, 5.74) is -0.125. The lowest BCUT2D eigenvalue weighted by Gasteiger charge is -2.32. The fourth-order valence-corrected chi connectivity index (χ4v) is 5.06. The van der Waals surface area contributed by atoms with Gasteiger partial charge in [-0.25, -0.2) is 4.98 Å². The second-order valence-electron chi connectivity index (χ2n) is 10.8. The topological polar surface area (TPSA) is 128 Å². The SMILES string of the molecule is Cc1cn(C2(Cn3cc(O)c(=O)c(C(=O)NCCCC(=O)OC(C)(C)C)n3)CCCC2)c2ncccc12. The Labute approximate surface area is 215 Å². The van der Waals surface area contributed by atoms with Gasteiger partial charge in [-0.15, -0.1) is 0 Å². The number of fused-ring (bicyclic) bond motifs is 1. The molecule has 3 aromatic rings. The predicted molar refractivity (Wildman–Crippen MR) is 138 cm³/mol. The van der Waals surface area contributed by atoms with Gasteiger partial charge in [-0.05, 0) is 64.7 Å². The smallest absolute Gasteiger partial charge is 0.306 e. The highest BCUT2D eigenvalue weighted by atomic mass is 16.6. The molecule has 3 heterocycles. The molecule has 198 valence electrons. The highest BCUT2D eigenvalue weighted by Crippen LogP contribution is 2.40. The summed E-state index contributed by atoms with van der Waals surface area (Å²) in [6, 6.07) is 3.96. The summed E-state index contributed by atoms with van der Waals surface area (Å²) in [6.45, 7) is 7.96. The van der Waals surface area contributed by atoms with E-state index in [1.54, 1.807) is 27.0 Å². The molecule has 1 fully saturated rings. The molecule has 0 spiro atoms. The van der Waals surface area contributed by atoms with Crippen LogP contribution in [0.2, 0.25) is 0 Å². The van der Waals surface area contributed by atoms with Gasteiger partial charge in [0.1, 0.15) is 11.2 Å². The molecule has 0 aliphatic heterocycles. The Morgan fingerprint density at radius 2 is 1.95 bits per heavy atom. The van der Waals surface area contributed by atoms with Crippen LogP contribution in [-0.4, -0.2) is 48.5 Å². The molecule has 4 rings (SSSR count). The van der Waals surface area contributed by atoms with Crippen molar-refractivity contribution in [1.82, 2.24) is 24.6 Å². The number of hydrogen-bond donors (Lipinski definition) is 2. The van der Waals surface area contributed by atoms with Crippen molar-refractivity contribution in [2.75, 3.05) is 6.54 Å². The number of hydrogen-bond acceptors (Lipinski definition) is 7. The summed E-state index contributed by atoms with van der Waals surface area (Å²) in [6.07, 6.45) is 9.47. The quantitative estimate of drug-likeness (QED) is 0.352. The molecule has 0 atom stereocenters. The summed E-state index contributed by atoms with van der Waals surface area (Å²) in [7, 11) is 0. The van der Waals surface area contributed by atoms with E-state index in [1.165, 1.54) is 10.9 Å². The van der Waals surface area contributed by atoms with Gasteiger partial charge in [-0.2, -0.15) is 5.10 Å². The van der Waals surface area contributed by atoms with Crippen LogP contribution in [0.15, 0.2) is 35.5 Å². The van der Waals surface area contributed by atoms with Crippen molar-refractivity contribution in [2.24, 2.45) is 0 Å². The molecule has 1 aliphatic rings. The molecular weight excluding hydrogens is 474 g/mol.